The fourth-order valence-electron chi connectivity index (χ4n) is 7.17. The van der Waals surface area contributed by atoms with Crippen molar-refractivity contribution in [3.63, 3.8) is 0 Å². The number of fused-ring (bicyclic) bond motifs is 8. The Hall–Kier alpha value is -6.52. The van der Waals surface area contributed by atoms with Gasteiger partial charge in [0, 0.05) is 44.3 Å². The Balaban J connectivity index is 1.41. The molecule has 9 rings (SSSR count). The van der Waals surface area contributed by atoms with Crippen LogP contribution in [0.3, 0.4) is 0 Å². The summed E-state index contributed by atoms with van der Waals surface area (Å²) in [7, 11) is 0. The average molecular weight is 643 g/mol. The predicted octanol–water partition coefficient (Wildman–Crippen LogP) is 11.4. The molecule has 0 amide bonds. The number of aromatic nitrogens is 4. The van der Waals surface area contributed by atoms with Crippen LogP contribution in [0.25, 0.3) is 79.8 Å². The molecule has 0 radical (unpaired) electrons. The molecule has 2 N–H and O–H groups in total. The maximum atomic E-state index is 5.38. The first kappa shape index (κ1) is 29.6. The van der Waals surface area contributed by atoms with Crippen LogP contribution in [0.1, 0.15) is 33.9 Å². The minimum absolute atomic E-state index is 0.836. The summed E-state index contributed by atoms with van der Waals surface area (Å²) in [6.07, 6.45) is 10.4. The number of nitrogens with zero attached hydrogens (tertiary/aromatic N) is 2. The summed E-state index contributed by atoms with van der Waals surface area (Å²) in [5, 5.41) is 0. The van der Waals surface area contributed by atoms with Crippen molar-refractivity contribution in [2.75, 3.05) is 0 Å². The Morgan fingerprint density at radius 1 is 0.340 bits per heavy atom. The summed E-state index contributed by atoms with van der Waals surface area (Å²) in [6.45, 7) is 0. The lowest BCUT2D eigenvalue weighted by Gasteiger charge is -2.07. The number of aryl methyl sites for hydroxylation is 2. The molecule has 7 aromatic rings. The third-order valence-electron chi connectivity index (χ3n) is 9.56. The van der Waals surface area contributed by atoms with Crippen LogP contribution >= 0.6 is 0 Å². The van der Waals surface area contributed by atoms with Gasteiger partial charge in [-0.25, -0.2) is 9.97 Å². The number of benzene rings is 4. The number of hydrogen-bond acceptors (Lipinski definition) is 2. The summed E-state index contributed by atoms with van der Waals surface area (Å²) in [5.74, 6) is 0. The highest BCUT2D eigenvalue weighted by Crippen LogP contribution is 2.36. The number of aromatic amines is 2. The second kappa shape index (κ2) is 12.8. The van der Waals surface area contributed by atoms with Crippen molar-refractivity contribution in [2.24, 2.45) is 0 Å². The van der Waals surface area contributed by atoms with Crippen molar-refractivity contribution >= 4 is 46.4 Å². The lowest BCUT2D eigenvalue weighted by molar-refractivity contribution is 0.956. The van der Waals surface area contributed by atoms with E-state index in [0.717, 1.165) is 91.1 Å². The van der Waals surface area contributed by atoms with E-state index in [1.165, 1.54) is 11.1 Å². The van der Waals surface area contributed by atoms with Gasteiger partial charge in [0.05, 0.1) is 22.8 Å². The first-order valence-electron chi connectivity index (χ1n) is 17.1. The predicted molar refractivity (Wildman–Crippen MR) is 209 cm³/mol. The molecule has 8 bridgehead atoms. The highest BCUT2D eigenvalue weighted by molar-refractivity contribution is 5.97. The van der Waals surface area contributed by atoms with Crippen molar-refractivity contribution < 1.29 is 0 Å². The minimum atomic E-state index is 0.836. The molecule has 0 spiro atoms. The van der Waals surface area contributed by atoms with Crippen LogP contribution in [0.2, 0.25) is 0 Å². The van der Waals surface area contributed by atoms with E-state index in [2.05, 4.69) is 180 Å². The Morgan fingerprint density at radius 3 is 1.16 bits per heavy atom. The maximum absolute atomic E-state index is 5.38. The smallest absolute Gasteiger partial charge is 0.0737 e. The molecule has 2 aliphatic heterocycles. The largest absolute Gasteiger partial charge is 0.355 e. The molecule has 0 unspecified atom stereocenters. The summed E-state index contributed by atoms with van der Waals surface area (Å²) in [4.78, 5) is 18.4. The van der Waals surface area contributed by atoms with Gasteiger partial charge in [-0.1, -0.05) is 121 Å². The van der Waals surface area contributed by atoms with Crippen LogP contribution in [0, 0.1) is 0 Å². The van der Waals surface area contributed by atoms with Gasteiger partial charge in [-0.2, -0.15) is 0 Å². The second-order valence-corrected chi connectivity index (χ2v) is 12.7. The first-order valence-corrected chi connectivity index (χ1v) is 17.1. The zero-order valence-electron chi connectivity index (χ0n) is 27.5. The van der Waals surface area contributed by atoms with Crippen LogP contribution < -0.4 is 0 Å². The third kappa shape index (κ3) is 5.57. The Kier molecular flexibility index (Phi) is 7.60. The molecule has 5 heterocycles. The highest BCUT2D eigenvalue weighted by Gasteiger charge is 2.18. The van der Waals surface area contributed by atoms with Crippen LogP contribution in [0.5, 0.6) is 0 Å². The third-order valence-corrected chi connectivity index (χ3v) is 9.56. The first-order chi connectivity index (χ1) is 24.8. The van der Waals surface area contributed by atoms with Gasteiger partial charge in [-0.3, -0.25) is 0 Å². The van der Waals surface area contributed by atoms with E-state index in [0.29, 0.717) is 0 Å². The molecule has 4 heteroatoms. The van der Waals surface area contributed by atoms with Gasteiger partial charge in [0.2, 0.25) is 0 Å². The van der Waals surface area contributed by atoms with Gasteiger partial charge in [0.15, 0.2) is 0 Å². The number of H-pyrrole nitrogens is 2. The topological polar surface area (TPSA) is 57.4 Å². The highest BCUT2D eigenvalue weighted by atomic mass is 14.8. The lowest BCUT2D eigenvalue weighted by Crippen LogP contribution is -1.95. The zero-order chi connectivity index (χ0) is 33.3. The molecule has 0 fully saturated rings. The fourth-order valence-corrected chi connectivity index (χ4v) is 7.17. The standard InChI is InChI=1S/C46H34N4/c1-5-13-31(14-6-1)21-22-35-36-23-25-38(47-36)44(32-15-7-2-8-16-32)40-27-29-42(49-40)46(34-19-11-4-12-20-34)43-30-28-41(50-43)45(33-17-9-3-10-18-33)39-26-24-37(35)48-39/h1-20,23-30,47,50H,21-22H2. The molecule has 50 heavy (non-hydrogen) atoms. The molecule has 0 saturated heterocycles. The number of rotatable bonds is 6. The van der Waals surface area contributed by atoms with Gasteiger partial charge in [-0.05, 0) is 83.7 Å². The van der Waals surface area contributed by atoms with Crippen molar-refractivity contribution in [1.82, 2.24) is 19.9 Å². The molecule has 0 aliphatic carbocycles. The van der Waals surface area contributed by atoms with Crippen LogP contribution in [-0.2, 0) is 12.8 Å². The van der Waals surface area contributed by atoms with E-state index in [4.69, 9.17) is 9.97 Å². The molecular formula is C46H34N4. The van der Waals surface area contributed by atoms with Gasteiger partial charge in [-0.15, -0.1) is 0 Å². The van der Waals surface area contributed by atoms with Crippen LogP contribution in [0.4, 0.5) is 0 Å². The normalized spacial score (nSPS) is 12.0. The van der Waals surface area contributed by atoms with E-state index in [-0.39, 0.29) is 0 Å². The SMILES string of the molecule is C1=Cc2nc1c(CCc1ccccc1)c1ccc([nH]1)c(-c1ccccc1)c1nc(c(-c3ccccc3)c3ccc([nH]3)c2-c2ccccc2)C=C1. The molecule has 238 valence electrons. The second-order valence-electron chi connectivity index (χ2n) is 12.7. The summed E-state index contributed by atoms with van der Waals surface area (Å²) in [5.41, 5.74) is 16.8. The fraction of sp³-hybridized carbons (Fsp3) is 0.0435. The minimum Gasteiger partial charge on any atom is -0.355 e. The molecule has 2 aliphatic rings. The molecule has 4 nitrogen and oxygen atoms in total. The van der Waals surface area contributed by atoms with E-state index < -0.39 is 0 Å². The average Bonchev–Trinajstić information content (AvgIpc) is 4.01. The van der Waals surface area contributed by atoms with Gasteiger partial charge < -0.3 is 9.97 Å². The Morgan fingerprint density at radius 2 is 0.700 bits per heavy atom. The van der Waals surface area contributed by atoms with Crippen molar-refractivity contribution in [3.05, 3.63) is 179 Å². The van der Waals surface area contributed by atoms with E-state index in [1.807, 2.05) is 0 Å². The molecular weight excluding hydrogens is 609 g/mol. The van der Waals surface area contributed by atoms with Crippen molar-refractivity contribution in [1.29, 1.82) is 0 Å². The molecule has 0 atom stereocenters. The summed E-state index contributed by atoms with van der Waals surface area (Å²) < 4.78 is 0. The zero-order valence-corrected chi connectivity index (χ0v) is 27.5. The van der Waals surface area contributed by atoms with Crippen molar-refractivity contribution in [3.8, 4) is 33.4 Å². The Labute approximate surface area is 291 Å². The van der Waals surface area contributed by atoms with Gasteiger partial charge in [0.25, 0.3) is 0 Å². The molecule has 4 aromatic carbocycles. The Bertz CT molecular complexity index is 2520. The van der Waals surface area contributed by atoms with Gasteiger partial charge >= 0.3 is 0 Å². The monoisotopic (exact) mass is 642 g/mol. The molecule has 0 saturated carbocycles. The number of nitrogens with one attached hydrogen (secondary N) is 2. The van der Waals surface area contributed by atoms with Crippen LogP contribution in [0.15, 0.2) is 146 Å². The van der Waals surface area contributed by atoms with E-state index in [9.17, 15) is 0 Å². The van der Waals surface area contributed by atoms with Gasteiger partial charge in [0.1, 0.15) is 0 Å². The quantitative estimate of drug-likeness (QED) is 0.190. The maximum Gasteiger partial charge on any atom is 0.0737 e. The van der Waals surface area contributed by atoms with Crippen LogP contribution in [-0.4, -0.2) is 19.9 Å². The van der Waals surface area contributed by atoms with E-state index in [1.54, 1.807) is 0 Å². The lowest BCUT2D eigenvalue weighted by atomic mass is 10.0. The summed E-state index contributed by atoms with van der Waals surface area (Å²) in [6, 6.07) is 51.1. The summed E-state index contributed by atoms with van der Waals surface area (Å²) >= 11 is 0. The molecule has 3 aromatic heterocycles. The number of hydrogen-bond donors (Lipinski definition) is 2. The van der Waals surface area contributed by atoms with E-state index >= 15 is 0 Å². The van der Waals surface area contributed by atoms with Crippen molar-refractivity contribution in [2.45, 2.75) is 12.8 Å².